The third-order valence-corrected chi connectivity index (χ3v) is 6.47. The Balaban J connectivity index is 1.63. The molecule has 40 heavy (non-hydrogen) atoms. The lowest BCUT2D eigenvalue weighted by Gasteiger charge is -2.18. The quantitative estimate of drug-likeness (QED) is 0.172. The molecule has 0 aliphatic carbocycles. The van der Waals surface area contributed by atoms with E-state index >= 15 is 4.39 Å². The van der Waals surface area contributed by atoms with Gasteiger partial charge in [0.2, 0.25) is 23.3 Å². The zero-order valence-corrected chi connectivity index (χ0v) is 21.4. The maximum Gasteiger partial charge on any atom is 0.245 e. The topological polar surface area (TPSA) is 93.7 Å². The summed E-state index contributed by atoms with van der Waals surface area (Å²) >= 11 is 0. The molecule has 3 aromatic rings. The zero-order chi connectivity index (χ0) is 29.1. The van der Waals surface area contributed by atoms with Crippen molar-refractivity contribution in [3.05, 3.63) is 95.7 Å². The molecule has 1 aliphatic rings. The van der Waals surface area contributed by atoms with Crippen LogP contribution in [0.15, 0.2) is 54.8 Å². The number of anilines is 1. The number of carbonyl (C=O) groups excluding carboxylic acids is 1. The van der Waals surface area contributed by atoms with Crippen LogP contribution in [0.2, 0.25) is 0 Å². The molecule has 0 radical (unpaired) electrons. The fourth-order valence-corrected chi connectivity index (χ4v) is 4.55. The van der Waals surface area contributed by atoms with Crippen LogP contribution in [-0.2, 0) is 4.79 Å². The molecule has 7 nitrogen and oxygen atoms in total. The van der Waals surface area contributed by atoms with Gasteiger partial charge >= 0.3 is 0 Å². The van der Waals surface area contributed by atoms with Gasteiger partial charge in [0.1, 0.15) is 23.7 Å². The second-order valence-electron chi connectivity index (χ2n) is 9.05. The van der Waals surface area contributed by atoms with Crippen LogP contribution >= 0.6 is 0 Å². The number of amides is 1. The first-order chi connectivity index (χ1) is 19.0. The minimum atomic E-state index is -1.77. The van der Waals surface area contributed by atoms with Gasteiger partial charge in [0, 0.05) is 37.8 Å². The van der Waals surface area contributed by atoms with Crippen molar-refractivity contribution in [1.29, 1.82) is 0 Å². The summed E-state index contributed by atoms with van der Waals surface area (Å²) in [6, 6.07) is 3.16. The van der Waals surface area contributed by atoms with Crippen LogP contribution < -0.4 is 10.5 Å². The summed E-state index contributed by atoms with van der Waals surface area (Å²) in [6.45, 7) is 8.74. The summed E-state index contributed by atoms with van der Waals surface area (Å²) in [5.74, 6) is -9.65. The van der Waals surface area contributed by atoms with E-state index < -0.39 is 40.6 Å². The Hall–Kier alpha value is -4.61. The molecule has 0 spiro atoms. The molecule has 12 heteroatoms. The molecule has 1 amide bonds. The number of hydrogen-bond acceptors (Lipinski definition) is 6. The van der Waals surface area contributed by atoms with E-state index in [0.717, 1.165) is 18.6 Å². The van der Waals surface area contributed by atoms with E-state index in [9.17, 15) is 22.4 Å². The summed E-state index contributed by atoms with van der Waals surface area (Å²) in [6.07, 6.45) is 3.72. The van der Waals surface area contributed by atoms with Gasteiger partial charge in [0.05, 0.1) is 17.0 Å². The van der Waals surface area contributed by atoms with Gasteiger partial charge < -0.3 is 15.4 Å². The van der Waals surface area contributed by atoms with Crippen LogP contribution in [0.4, 0.5) is 27.8 Å². The van der Waals surface area contributed by atoms with E-state index in [-0.39, 0.29) is 40.5 Å². The Morgan fingerprint density at radius 3 is 2.48 bits per heavy atom. The number of carbonyl (C=O) groups is 1. The third-order valence-electron chi connectivity index (χ3n) is 6.47. The van der Waals surface area contributed by atoms with Crippen LogP contribution in [0.25, 0.3) is 5.57 Å². The average molecular weight is 558 g/mol. The van der Waals surface area contributed by atoms with E-state index in [2.05, 4.69) is 28.1 Å². The number of nitrogen functional groups attached to an aromatic ring is 1. The monoisotopic (exact) mass is 557 g/mol. The van der Waals surface area contributed by atoms with Crippen molar-refractivity contribution in [2.75, 3.05) is 25.9 Å². The second-order valence-corrected chi connectivity index (χ2v) is 9.05. The predicted octanol–water partition coefficient (Wildman–Crippen LogP) is 5.45. The standard InChI is InChI=1S/C28H24F5N5O2/c1-4-21(39)38-8-7-15(12-38)9-14(2)25-22(28(34)37-13-36-25)26(35-3)17-6-5-16(10-18(17)29)40-27-23(32)19(30)11-20(31)24(27)33/h4-6,10-11,13,15H,1-2,7-9,12H2,3H3,(H2,34,36,37)/t15-/m0/s1. The lowest BCUT2D eigenvalue weighted by molar-refractivity contribution is -0.125. The number of aliphatic imine (C=N–C) groups is 1. The zero-order valence-electron chi connectivity index (χ0n) is 21.4. The van der Waals surface area contributed by atoms with E-state index in [1.165, 1.54) is 25.5 Å². The molecular formula is C28H24F5N5O2. The molecule has 2 aromatic carbocycles. The number of allylic oxidation sites excluding steroid dienone is 1. The number of rotatable bonds is 8. The summed E-state index contributed by atoms with van der Waals surface area (Å²) < 4.78 is 75.4. The molecule has 208 valence electrons. The average Bonchev–Trinajstić information content (AvgIpc) is 3.40. The molecule has 4 rings (SSSR count). The van der Waals surface area contributed by atoms with E-state index in [1.807, 2.05) is 0 Å². The molecule has 2 N–H and O–H groups in total. The number of ether oxygens (including phenoxy) is 1. The Labute approximate surface area is 226 Å². The minimum absolute atomic E-state index is 0.000684. The van der Waals surface area contributed by atoms with Gasteiger partial charge in [-0.2, -0.15) is 8.78 Å². The fourth-order valence-electron chi connectivity index (χ4n) is 4.55. The number of nitrogens with two attached hydrogens (primary N) is 1. The highest BCUT2D eigenvalue weighted by Crippen LogP contribution is 2.34. The number of likely N-dealkylation sites (tertiary alicyclic amines) is 1. The minimum Gasteiger partial charge on any atom is -0.451 e. The predicted molar refractivity (Wildman–Crippen MR) is 139 cm³/mol. The molecule has 1 atom stereocenters. The summed E-state index contributed by atoms with van der Waals surface area (Å²) in [4.78, 5) is 26.1. The summed E-state index contributed by atoms with van der Waals surface area (Å²) in [7, 11) is 1.40. The number of benzene rings is 2. The van der Waals surface area contributed by atoms with Crippen LogP contribution in [0.3, 0.4) is 0 Å². The number of hydrogen-bond donors (Lipinski definition) is 1. The number of halogens is 5. The molecule has 0 saturated carbocycles. The molecule has 0 bridgehead atoms. The highest BCUT2D eigenvalue weighted by atomic mass is 19.2. The Morgan fingerprint density at radius 2 is 1.85 bits per heavy atom. The van der Waals surface area contributed by atoms with Gasteiger partial charge in [0.25, 0.3) is 0 Å². The van der Waals surface area contributed by atoms with Gasteiger partial charge in [-0.1, -0.05) is 13.2 Å². The van der Waals surface area contributed by atoms with Gasteiger partial charge in [-0.15, -0.1) is 0 Å². The Kier molecular flexibility index (Phi) is 8.26. The van der Waals surface area contributed by atoms with Crippen molar-refractivity contribution < 1.29 is 31.5 Å². The lowest BCUT2D eigenvalue weighted by atomic mass is 9.92. The van der Waals surface area contributed by atoms with E-state index in [1.54, 1.807) is 4.90 Å². The summed E-state index contributed by atoms with van der Waals surface area (Å²) in [5, 5.41) is 0. The molecule has 2 heterocycles. The second kappa shape index (κ2) is 11.6. The van der Waals surface area contributed by atoms with Gasteiger partial charge in [-0.05, 0) is 42.5 Å². The van der Waals surface area contributed by atoms with Crippen LogP contribution in [0.1, 0.15) is 29.7 Å². The van der Waals surface area contributed by atoms with Crippen LogP contribution in [0, 0.1) is 35.0 Å². The first-order valence-corrected chi connectivity index (χ1v) is 12.0. The molecule has 1 saturated heterocycles. The van der Waals surface area contributed by atoms with Crippen molar-refractivity contribution in [3.8, 4) is 11.5 Å². The molecule has 1 aromatic heterocycles. The van der Waals surface area contributed by atoms with Crippen molar-refractivity contribution in [3.63, 3.8) is 0 Å². The van der Waals surface area contributed by atoms with Crippen LogP contribution in [0.5, 0.6) is 11.5 Å². The van der Waals surface area contributed by atoms with Crippen molar-refractivity contribution in [2.45, 2.75) is 12.8 Å². The van der Waals surface area contributed by atoms with Gasteiger partial charge in [-0.25, -0.2) is 23.1 Å². The Bertz CT molecular complexity index is 1520. The molecule has 0 unspecified atom stereocenters. The molecule has 1 aliphatic heterocycles. The SMILES string of the molecule is C=CC(=O)N1CC[C@@H](CC(=C)c2ncnc(N)c2C(=NC)c2ccc(Oc3c(F)c(F)cc(F)c3F)cc2F)C1. The molecular weight excluding hydrogens is 533 g/mol. The maximum atomic E-state index is 15.3. The highest BCUT2D eigenvalue weighted by molar-refractivity contribution is 6.17. The first-order valence-electron chi connectivity index (χ1n) is 12.0. The van der Waals surface area contributed by atoms with E-state index in [0.29, 0.717) is 30.8 Å². The fraction of sp³-hybridized carbons (Fsp3) is 0.214. The highest BCUT2D eigenvalue weighted by Gasteiger charge is 2.28. The lowest BCUT2D eigenvalue weighted by Crippen LogP contribution is -2.26. The Morgan fingerprint density at radius 1 is 1.15 bits per heavy atom. The van der Waals surface area contributed by atoms with Crippen molar-refractivity contribution in [2.24, 2.45) is 10.9 Å². The third kappa shape index (κ3) is 5.56. The molecule has 1 fully saturated rings. The van der Waals surface area contributed by atoms with Crippen molar-refractivity contribution >= 4 is 23.0 Å². The maximum absolute atomic E-state index is 15.3. The number of nitrogens with zero attached hydrogens (tertiary/aromatic N) is 4. The first kappa shape index (κ1) is 28.4. The van der Waals surface area contributed by atoms with Crippen molar-refractivity contribution in [1.82, 2.24) is 14.9 Å². The van der Waals surface area contributed by atoms with Gasteiger partial charge in [-0.3, -0.25) is 9.79 Å². The smallest absolute Gasteiger partial charge is 0.245 e. The van der Waals surface area contributed by atoms with E-state index in [4.69, 9.17) is 10.5 Å². The van der Waals surface area contributed by atoms with Gasteiger partial charge in [0.15, 0.2) is 11.6 Å². The number of aromatic nitrogens is 2. The van der Waals surface area contributed by atoms with Crippen LogP contribution in [-0.4, -0.2) is 46.6 Å². The summed E-state index contributed by atoms with van der Waals surface area (Å²) in [5.41, 5.74) is 7.26. The normalized spacial score (nSPS) is 15.3. The largest absolute Gasteiger partial charge is 0.451 e.